The molecule has 1 aliphatic heterocycles. The van der Waals surface area contributed by atoms with Gasteiger partial charge in [0, 0.05) is 19.0 Å². The van der Waals surface area contributed by atoms with E-state index in [0.29, 0.717) is 24.8 Å². The summed E-state index contributed by atoms with van der Waals surface area (Å²) in [5.74, 6) is -0.0451. The van der Waals surface area contributed by atoms with Crippen molar-refractivity contribution < 1.29 is 19.7 Å². The van der Waals surface area contributed by atoms with E-state index in [-0.39, 0.29) is 24.4 Å². The van der Waals surface area contributed by atoms with Crippen molar-refractivity contribution in [2.45, 2.75) is 44.1 Å². The number of nitrogens with zero attached hydrogens (tertiary/aromatic N) is 1. The van der Waals surface area contributed by atoms with Gasteiger partial charge in [-0.25, -0.2) is 4.79 Å². The summed E-state index contributed by atoms with van der Waals surface area (Å²) < 4.78 is 6.64. The van der Waals surface area contributed by atoms with Crippen LogP contribution in [0.3, 0.4) is 0 Å². The molecule has 2 aliphatic rings. The summed E-state index contributed by atoms with van der Waals surface area (Å²) >= 11 is 0. The molecule has 23 heavy (non-hydrogen) atoms. The summed E-state index contributed by atoms with van der Waals surface area (Å²) in [5.41, 5.74) is -0.363. The highest BCUT2D eigenvalue weighted by Crippen LogP contribution is 2.28. The van der Waals surface area contributed by atoms with Gasteiger partial charge in [0.1, 0.15) is 12.3 Å². The van der Waals surface area contributed by atoms with Crippen molar-refractivity contribution in [2.75, 3.05) is 6.61 Å². The van der Waals surface area contributed by atoms with E-state index < -0.39 is 29.7 Å². The van der Waals surface area contributed by atoms with Crippen LogP contribution in [0.4, 0.5) is 0 Å². The SMILES string of the molecule is O=C1C=C(c2cn([C@H]3C[C@H](O)[C@@H](CO)O3)c(=O)[nH]c2=O)CCC1. The number of carbonyl (C=O) groups is 1. The molecule has 0 radical (unpaired) electrons. The third-order valence-corrected chi connectivity index (χ3v) is 4.21. The third-order valence-electron chi connectivity index (χ3n) is 4.21. The lowest BCUT2D eigenvalue weighted by Crippen LogP contribution is -2.34. The number of aliphatic hydroxyl groups excluding tert-OH is 2. The maximum absolute atomic E-state index is 12.0. The van der Waals surface area contributed by atoms with Crippen molar-refractivity contribution in [3.63, 3.8) is 0 Å². The quantitative estimate of drug-likeness (QED) is 0.677. The standard InChI is InChI=1S/C15H18N2O6/c18-7-12-11(20)5-13(23-12)17-6-10(14(21)16-15(17)22)8-2-1-3-9(19)4-8/h4,6,11-13,18,20H,1-3,5,7H2,(H,16,21,22)/t11-,12+,13+/m0/s1. The van der Waals surface area contributed by atoms with Crippen LogP contribution in [0.15, 0.2) is 21.9 Å². The molecule has 3 N–H and O–H groups in total. The minimum Gasteiger partial charge on any atom is -0.394 e. The first-order valence-electron chi connectivity index (χ1n) is 7.53. The lowest BCUT2D eigenvalue weighted by atomic mass is 9.94. The summed E-state index contributed by atoms with van der Waals surface area (Å²) in [4.78, 5) is 37.8. The van der Waals surface area contributed by atoms with Crippen molar-refractivity contribution in [3.05, 3.63) is 38.7 Å². The number of allylic oxidation sites excluding steroid dienone is 2. The summed E-state index contributed by atoms with van der Waals surface area (Å²) in [7, 11) is 0. The molecule has 0 saturated carbocycles. The van der Waals surface area contributed by atoms with E-state index in [9.17, 15) is 19.5 Å². The van der Waals surface area contributed by atoms with Crippen molar-refractivity contribution >= 4 is 11.4 Å². The van der Waals surface area contributed by atoms with E-state index >= 15 is 0 Å². The maximum Gasteiger partial charge on any atom is 0.330 e. The summed E-state index contributed by atoms with van der Waals surface area (Å²) in [6.45, 7) is -0.359. The molecule has 2 heterocycles. The molecule has 0 aromatic carbocycles. The van der Waals surface area contributed by atoms with Gasteiger partial charge in [-0.05, 0) is 24.5 Å². The highest BCUT2D eigenvalue weighted by molar-refractivity contribution is 5.98. The molecule has 3 atom stereocenters. The number of carbonyl (C=O) groups excluding carboxylic acids is 1. The third kappa shape index (κ3) is 3.05. The molecule has 0 spiro atoms. The lowest BCUT2D eigenvalue weighted by molar-refractivity contribution is -0.114. The zero-order valence-electron chi connectivity index (χ0n) is 12.4. The number of ether oxygens (including phenoxy) is 1. The normalized spacial score (nSPS) is 28.0. The fourth-order valence-corrected chi connectivity index (χ4v) is 2.98. The van der Waals surface area contributed by atoms with Gasteiger partial charge in [0.05, 0.1) is 18.3 Å². The van der Waals surface area contributed by atoms with Crippen LogP contribution in [0.25, 0.3) is 5.57 Å². The summed E-state index contributed by atoms with van der Waals surface area (Å²) in [5, 5.41) is 18.9. The Balaban J connectivity index is 2.00. The van der Waals surface area contributed by atoms with Gasteiger partial charge in [-0.3, -0.25) is 19.1 Å². The van der Waals surface area contributed by atoms with Gasteiger partial charge in [0.25, 0.3) is 5.56 Å². The molecule has 3 rings (SSSR count). The fraction of sp³-hybridized carbons (Fsp3) is 0.533. The molecule has 1 aromatic heterocycles. The minimum absolute atomic E-state index is 0.0451. The van der Waals surface area contributed by atoms with Crippen LogP contribution < -0.4 is 11.2 Å². The van der Waals surface area contributed by atoms with Crippen molar-refractivity contribution in [2.24, 2.45) is 0 Å². The minimum atomic E-state index is -0.886. The van der Waals surface area contributed by atoms with Crippen LogP contribution in [0.2, 0.25) is 0 Å². The van der Waals surface area contributed by atoms with Crippen LogP contribution in [0, 0.1) is 0 Å². The summed E-state index contributed by atoms with van der Waals surface area (Å²) in [6, 6.07) is 0. The monoisotopic (exact) mass is 322 g/mol. The molecule has 8 heteroatoms. The van der Waals surface area contributed by atoms with Gasteiger partial charge in [-0.1, -0.05) is 0 Å². The largest absolute Gasteiger partial charge is 0.394 e. The Morgan fingerprint density at radius 1 is 1.30 bits per heavy atom. The highest BCUT2D eigenvalue weighted by Gasteiger charge is 2.35. The smallest absolute Gasteiger partial charge is 0.330 e. The molecule has 0 unspecified atom stereocenters. The number of hydrogen-bond donors (Lipinski definition) is 3. The second kappa shape index (κ2) is 6.23. The second-order valence-corrected chi connectivity index (χ2v) is 5.81. The van der Waals surface area contributed by atoms with E-state index in [0.717, 1.165) is 0 Å². The molecule has 124 valence electrons. The number of rotatable bonds is 3. The maximum atomic E-state index is 12.0. The lowest BCUT2D eigenvalue weighted by Gasteiger charge is -2.17. The Kier molecular flexibility index (Phi) is 4.29. The van der Waals surface area contributed by atoms with Crippen LogP contribution in [0.1, 0.15) is 37.5 Å². The molecule has 0 amide bonds. The predicted octanol–water partition coefficient (Wildman–Crippen LogP) is -0.686. The van der Waals surface area contributed by atoms with Gasteiger partial charge >= 0.3 is 5.69 Å². The van der Waals surface area contributed by atoms with Gasteiger partial charge in [-0.15, -0.1) is 0 Å². The van der Waals surface area contributed by atoms with E-state index in [1.54, 1.807) is 0 Å². The van der Waals surface area contributed by atoms with E-state index in [4.69, 9.17) is 9.84 Å². The Labute approximate surface area is 131 Å². The number of nitrogens with one attached hydrogen (secondary N) is 1. The molecule has 1 aromatic rings. The first kappa shape index (κ1) is 15.9. The number of H-pyrrole nitrogens is 1. The van der Waals surface area contributed by atoms with Gasteiger partial charge in [-0.2, -0.15) is 0 Å². The van der Waals surface area contributed by atoms with Gasteiger partial charge in [0.2, 0.25) is 0 Å². The van der Waals surface area contributed by atoms with Crippen LogP contribution in [-0.2, 0) is 9.53 Å². The molecule has 8 nitrogen and oxygen atoms in total. The Morgan fingerprint density at radius 2 is 2.09 bits per heavy atom. The van der Waals surface area contributed by atoms with E-state index in [1.165, 1.54) is 16.8 Å². The molecular weight excluding hydrogens is 304 g/mol. The van der Waals surface area contributed by atoms with Crippen LogP contribution in [0.5, 0.6) is 0 Å². The zero-order chi connectivity index (χ0) is 16.6. The average molecular weight is 322 g/mol. The van der Waals surface area contributed by atoms with Gasteiger partial charge in [0.15, 0.2) is 5.78 Å². The van der Waals surface area contributed by atoms with Crippen LogP contribution >= 0.6 is 0 Å². The second-order valence-electron chi connectivity index (χ2n) is 5.81. The number of aliphatic hydroxyl groups is 2. The Morgan fingerprint density at radius 3 is 2.74 bits per heavy atom. The topological polar surface area (TPSA) is 122 Å². The van der Waals surface area contributed by atoms with E-state index in [2.05, 4.69) is 4.98 Å². The molecule has 1 saturated heterocycles. The van der Waals surface area contributed by atoms with E-state index in [1.807, 2.05) is 0 Å². The fourth-order valence-electron chi connectivity index (χ4n) is 2.98. The van der Waals surface area contributed by atoms with Crippen LogP contribution in [-0.4, -0.2) is 44.4 Å². The zero-order valence-corrected chi connectivity index (χ0v) is 12.4. The first-order chi connectivity index (χ1) is 11.0. The van der Waals surface area contributed by atoms with Crippen molar-refractivity contribution in [3.8, 4) is 0 Å². The van der Waals surface area contributed by atoms with Crippen molar-refractivity contribution in [1.82, 2.24) is 9.55 Å². The Bertz CT molecular complexity index is 762. The number of aromatic amines is 1. The number of hydrogen-bond acceptors (Lipinski definition) is 6. The van der Waals surface area contributed by atoms with Gasteiger partial charge < -0.3 is 14.9 Å². The predicted molar refractivity (Wildman–Crippen MR) is 79.8 cm³/mol. The average Bonchev–Trinajstić information content (AvgIpc) is 2.88. The molecule has 1 fully saturated rings. The number of aromatic nitrogens is 2. The molecule has 0 bridgehead atoms. The molecule has 1 aliphatic carbocycles. The number of ketones is 1. The molecular formula is C15H18N2O6. The first-order valence-corrected chi connectivity index (χ1v) is 7.53. The van der Waals surface area contributed by atoms with Crippen molar-refractivity contribution in [1.29, 1.82) is 0 Å². The Hall–Kier alpha value is -2.03. The summed E-state index contributed by atoms with van der Waals surface area (Å²) in [6.07, 6.45) is 2.21. The highest BCUT2D eigenvalue weighted by atomic mass is 16.5.